The van der Waals surface area contributed by atoms with Crippen LogP contribution in [0.2, 0.25) is 0 Å². The quantitative estimate of drug-likeness (QED) is 0.817. The first-order valence-electron chi connectivity index (χ1n) is 7.19. The van der Waals surface area contributed by atoms with Crippen LogP contribution in [0.3, 0.4) is 0 Å². The first-order valence-corrected chi connectivity index (χ1v) is 7.19. The SMILES string of the molecule is CCC(CC)N(C)C(=O)c1cc(C=CC(=O)O)ccc1C. The van der Waals surface area contributed by atoms with Crippen LogP contribution in [0.15, 0.2) is 24.3 Å². The Morgan fingerprint density at radius 1 is 1.29 bits per heavy atom. The molecule has 1 rings (SSSR count). The minimum absolute atomic E-state index is 0.0215. The van der Waals surface area contributed by atoms with Crippen molar-refractivity contribution in [2.24, 2.45) is 0 Å². The van der Waals surface area contributed by atoms with Gasteiger partial charge in [-0.2, -0.15) is 0 Å². The minimum atomic E-state index is -1.00. The number of aryl methyl sites for hydroxylation is 1. The number of aliphatic carboxylic acids is 1. The summed E-state index contributed by atoms with van der Waals surface area (Å²) in [6.07, 6.45) is 4.39. The molecule has 0 heterocycles. The van der Waals surface area contributed by atoms with E-state index in [1.165, 1.54) is 6.08 Å². The van der Waals surface area contributed by atoms with E-state index < -0.39 is 5.97 Å². The molecule has 0 aromatic heterocycles. The van der Waals surface area contributed by atoms with E-state index in [9.17, 15) is 9.59 Å². The highest BCUT2D eigenvalue weighted by atomic mass is 16.4. The standard InChI is InChI=1S/C17H23NO3/c1-5-14(6-2)18(4)17(21)15-11-13(8-7-12(15)3)9-10-16(19)20/h7-11,14H,5-6H2,1-4H3,(H,19,20). The van der Waals surface area contributed by atoms with Gasteiger partial charge in [0.15, 0.2) is 0 Å². The Labute approximate surface area is 126 Å². The van der Waals surface area contributed by atoms with Crippen LogP contribution in [-0.4, -0.2) is 35.0 Å². The molecule has 1 aromatic rings. The van der Waals surface area contributed by atoms with Crippen LogP contribution >= 0.6 is 0 Å². The average molecular weight is 289 g/mol. The number of hydrogen-bond donors (Lipinski definition) is 1. The third-order valence-corrected chi connectivity index (χ3v) is 3.72. The van der Waals surface area contributed by atoms with E-state index in [1.54, 1.807) is 11.0 Å². The van der Waals surface area contributed by atoms with Crippen LogP contribution in [-0.2, 0) is 4.79 Å². The summed E-state index contributed by atoms with van der Waals surface area (Å²) in [6, 6.07) is 5.61. The first kappa shape index (κ1) is 17.0. The number of carbonyl (C=O) groups is 2. The molecule has 0 saturated carbocycles. The Morgan fingerprint density at radius 2 is 1.90 bits per heavy atom. The van der Waals surface area contributed by atoms with Gasteiger partial charge < -0.3 is 10.0 Å². The van der Waals surface area contributed by atoms with Crippen LogP contribution in [0.5, 0.6) is 0 Å². The number of carbonyl (C=O) groups excluding carboxylic acids is 1. The molecular formula is C17H23NO3. The number of amides is 1. The van der Waals surface area contributed by atoms with Gasteiger partial charge in [-0.1, -0.05) is 26.0 Å². The van der Waals surface area contributed by atoms with Crippen LogP contribution in [0.25, 0.3) is 6.08 Å². The second-order valence-corrected chi connectivity index (χ2v) is 5.13. The van der Waals surface area contributed by atoms with Gasteiger partial charge in [0.25, 0.3) is 5.91 Å². The summed E-state index contributed by atoms with van der Waals surface area (Å²) in [5.41, 5.74) is 2.23. The third kappa shape index (κ3) is 4.45. The predicted molar refractivity (Wildman–Crippen MR) is 84.3 cm³/mol. The molecule has 0 aliphatic rings. The normalized spacial score (nSPS) is 11.1. The second-order valence-electron chi connectivity index (χ2n) is 5.13. The van der Waals surface area contributed by atoms with Crippen molar-refractivity contribution in [3.8, 4) is 0 Å². The van der Waals surface area contributed by atoms with Gasteiger partial charge >= 0.3 is 5.97 Å². The molecule has 0 unspecified atom stereocenters. The number of carboxylic acids is 1. The lowest BCUT2D eigenvalue weighted by Crippen LogP contribution is -2.36. The lowest BCUT2D eigenvalue weighted by molar-refractivity contribution is -0.131. The van der Waals surface area contributed by atoms with E-state index in [2.05, 4.69) is 13.8 Å². The second kappa shape index (κ2) is 7.62. The molecule has 4 heteroatoms. The van der Waals surface area contributed by atoms with Gasteiger partial charge in [0.1, 0.15) is 0 Å². The fourth-order valence-corrected chi connectivity index (χ4v) is 2.33. The van der Waals surface area contributed by atoms with Crippen LogP contribution in [0, 0.1) is 6.92 Å². The Morgan fingerprint density at radius 3 is 2.43 bits per heavy atom. The summed E-state index contributed by atoms with van der Waals surface area (Å²) in [5.74, 6) is -1.02. The highest BCUT2D eigenvalue weighted by Crippen LogP contribution is 2.17. The molecule has 1 N–H and O–H groups in total. The Hall–Kier alpha value is -2.10. The van der Waals surface area contributed by atoms with Gasteiger partial charge in [-0.05, 0) is 43.0 Å². The molecule has 0 atom stereocenters. The van der Waals surface area contributed by atoms with Gasteiger partial charge in [-0.15, -0.1) is 0 Å². The van der Waals surface area contributed by atoms with Crippen molar-refractivity contribution in [2.75, 3.05) is 7.05 Å². The van der Waals surface area contributed by atoms with Crippen molar-refractivity contribution >= 4 is 18.0 Å². The maximum absolute atomic E-state index is 12.6. The van der Waals surface area contributed by atoms with Crippen molar-refractivity contribution in [3.05, 3.63) is 41.0 Å². The van der Waals surface area contributed by atoms with E-state index >= 15 is 0 Å². The van der Waals surface area contributed by atoms with Gasteiger partial charge in [0, 0.05) is 24.7 Å². The molecule has 1 amide bonds. The molecule has 0 radical (unpaired) electrons. The number of hydrogen-bond acceptors (Lipinski definition) is 2. The highest BCUT2D eigenvalue weighted by Gasteiger charge is 2.19. The molecule has 1 aromatic carbocycles. The fourth-order valence-electron chi connectivity index (χ4n) is 2.33. The lowest BCUT2D eigenvalue weighted by atomic mass is 10.0. The molecule has 4 nitrogen and oxygen atoms in total. The maximum atomic E-state index is 12.6. The van der Waals surface area contributed by atoms with E-state index in [4.69, 9.17) is 5.11 Å². The predicted octanol–water partition coefficient (Wildman–Crippen LogP) is 3.35. The first-order chi connectivity index (χ1) is 9.90. The van der Waals surface area contributed by atoms with E-state index in [-0.39, 0.29) is 11.9 Å². The van der Waals surface area contributed by atoms with Gasteiger partial charge in [-0.25, -0.2) is 4.79 Å². The van der Waals surface area contributed by atoms with E-state index in [1.807, 2.05) is 26.1 Å². The van der Waals surface area contributed by atoms with Crippen LogP contribution < -0.4 is 0 Å². The van der Waals surface area contributed by atoms with E-state index in [0.29, 0.717) is 11.1 Å². The average Bonchev–Trinajstić information content (AvgIpc) is 2.46. The number of benzene rings is 1. The zero-order valence-corrected chi connectivity index (χ0v) is 13.1. The summed E-state index contributed by atoms with van der Waals surface area (Å²) in [4.78, 5) is 24.9. The van der Waals surface area contributed by atoms with Gasteiger partial charge in [0.05, 0.1) is 0 Å². The fraction of sp³-hybridized carbons (Fsp3) is 0.412. The summed E-state index contributed by atoms with van der Waals surface area (Å²) < 4.78 is 0. The Bertz CT molecular complexity index is 545. The van der Waals surface area contributed by atoms with Crippen molar-refractivity contribution in [1.82, 2.24) is 4.90 Å². The van der Waals surface area contributed by atoms with Crippen molar-refractivity contribution in [2.45, 2.75) is 39.7 Å². The number of nitrogens with zero attached hydrogens (tertiary/aromatic N) is 1. The molecule has 114 valence electrons. The Kier molecular flexibility index (Phi) is 6.15. The van der Waals surface area contributed by atoms with E-state index in [0.717, 1.165) is 24.5 Å². The van der Waals surface area contributed by atoms with Crippen molar-refractivity contribution < 1.29 is 14.7 Å². The van der Waals surface area contributed by atoms with Crippen LogP contribution in [0.1, 0.15) is 48.2 Å². The third-order valence-electron chi connectivity index (χ3n) is 3.72. The monoisotopic (exact) mass is 289 g/mol. The van der Waals surface area contributed by atoms with Crippen molar-refractivity contribution in [1.29, 1.82) is 0 Å². The topological polar surface area (TPSA) is 57.6 Å². The largest absolute Gasteiger partial charge is 0.478 e. The molecule has 21 heavy (non-hydrogen) atoms. The smallest absolute Gasteiger partial charge is 0.328 e. The molecule has 0 aliphatic heterocycles. The molecule has 0 bridgehead atoms. The number of carboxylic acid groups (broad SMARTS) is 1. The minimum Gasteiger partial charge on any atom is -0.478 e. The summed E-state index contributed by atoms with van der Waals surface area (Å²) in [6.45, 7) is 6.02. The summed E-state index contributed by atoms with van der Waals surface area (Å²) >= 11 is 0. The van der Waals surface area contributed by atoms with Gasteiger partial charge in [-0.3, -0.25) is 4.79 Å². The highest BCUT2D eigenvalue weighted by molar-refractivity contribution is 5.96. The molecule has 0 aliphatic carbocycles. The summed E-state index contributed by atoms with van der Waals surface area (Å²) in [7, 11) is 1.82. The van der Waals surface area contributed by atoms with Crippen LogP contribution in [0.4, 0.5) is 0 Å². The van der Waals surface area contributed by atoms with Gasteiger partial charge in [0.2, 0.25) is 0 Å². The molecule has 0 saturated heterocycles. The lowest BCUT2D eigenvalue weighted by Gasteiger charge is -2.27. The maximum Gasteiger partial charge on any atom is 0.328 e. The molecular weight excluding hydrogens is 266 g/mol. The Balaban J connectivity index is 3.08. The summed E-state index contributed by atoms with van der Waals surface area (Å²) in [5, 5.41) is 8.67. The zero-order chi connectivity index (χ0) is 16.0. The zero-order valence-electron chi connectivity index (χ0n) is 13.1. The number of rotatable bonds is 6. The molecule has 0 spiro atoms. The molecule has 0 fully saturated rings. The van der Waals surface area contributed by atoms with Crippen molar-refractivity contribution in [3.63, 3.8) is 0 Å².